The summed E-state index contributed by atoms with van der Waals surface area (Å²) in [5.41, 5.74) is 6.13. The average molecular weight is 219 g/mol. The zero-order valence-corrected chi connectivity index (χ0v) is 8.92. The van der Waals surface area contributed by atoms with Crippen molar-refractivity contribution in [1.29, 1.82) is 0 Å². The third-order valence-electron chi connectivity index (χ3n) is 2.51. The van der Waals surface area contributed by atoms with Crippen LogP contribution in [0.1, 0.15) is 6.92 Å². The molecule has 0 fully saturated rings. The highest BCUT2D eigenvalue weighted by Gasteiger charge is 2.28. The predicted octanol–water partition coefficient (Wildman–Crippen LogP) is 0.838. The fourth-order valence-corrected chi connectivity index (χ4v) is 1.56. The number of benzene rings is 1. The number of hydrogen-bond acceptors (Lipinski definition) is 3. The Morgan fingerprint density at radius 3 is 2.94 bits per heavy atom. The van der Waals surface area contributed by atoms with Crippen molar-refractivity contribution in [3.63, 3.8) is 0 Å². The first-order valence-corrected chi connectivity index (χ1v) is 4.93. The van der Waals surface area contributed by atoms with Gasteiger partial charge in [0.25, 0.3) is 0 Å². The number of carboxylic acids is 1. The van der Waals surface area contributed by atoms with E-state index in [2.05, 4.69) is 4.98 Å². The molecule has 0 aliphatic heterocycles. The molecule has 2 aromatic rings. The standard InChI is InChI=1S/C11H13N3O2/c1-11(12,10(15)16)6-14-7-13-8-4-2-3-5-9(8)14/h2-5,7H,6,12H2,1H3,(H,15,16). The SMILES string of the molecule is CC(N)(Cn1cnc2ccccc21)C(=O)O. The highest BCUT2D eigenvalue weighted by molar-refractivity contribution is 5.79. The number of fused-ring (bicyclic) bond motifs is 1. The maximum absolute atomic E-state index is 10.9. The molecule has 0 spiro atoms. The number of nitrogens with two attached hydrogens (primary N) is 1. The van der Waals surface area contributed by atoms with Gasteiger partial charge in [-0.2, -0.15) is 0 Å². The van der Waals surface area contributed by atoms with Crippen molar-refractivity contribution in [2.24, 2.45) is 5.73 Å². The van der Waals surface area contributed by atoms with Crippen molar-refractivity contribution in [3.05, 3.63) is 30.6 Å². The van der Waals surface area contributed by atoms with E-state index in [9.17, 15) is 4.79 Å². The predicted molar refractivity (Wildman–Crippen MR) is 60.0 cm³/mol. The molecule has 0 aliphatic rings. The normalized spacial score (nSPS) is 14.9. The van der Waals surface area contributed by atoms with E-state index in [4.69, 9.17) is 10.8 Å². The minimum Gasteiger partial charge on any atom is -0.480 e. The fourth-order valence-electron chi connectivity index (χ4n) is 1.56. The molecule has 1 heterocycles. The van der Waals surface area contributed by atoms with E-state index >= 15 is 0 Å². The highest BCUT2D eigenvalue weighted by atomic mass is 16.4. The largest absolute Gasteiger partial charge is 0.480 e. The van der Waals surface area contributed by atoms with E-state index in [-0.39, 0.29) is 6.54 Å². The Labute approximate surface area is 92.5 Å². The van der Waals surface area contributed by atoms with Gasteiger partial charge in [0.2, 0.25) is 0 Å². The topological polar surface area (TPSA) is 81.1 Å². The number of carbonyl (C=O) groups is 1. The summed E-state index contributed by atoms with van der Waals surface area (Å²) < 4.78 is 1.75. The molecular formula is C11H13N3O2. The van der Waals surface area contributed by atoms with Crippen LogP contribution in [0.4, 0.5) is 0 Å². The molecule has 0 aliphatic carbocycles. The van der Waals surface area contributed by atoms with E-state index in [0.29, 0.717) is 0 Å². The van der Waals surface area contributed by atoms with Crippen molar-refractivity contribution in [2.45, 2.75) is 19.0 Å². The van der Waals surface area contributed by atoms with Crippen LogP contribution in [0.5, 0.6) is 0 Å². The summed E-state index contributed by atoms with van der Waals surface area (Å²) in [4.78, 5) is 15.1. The molecule has 1 aromatic carbocycles. The number of nitrogens with zero attached hydrogens (tertiary/aromatic N) is 2. The Kier molecular flexibility index (Phi) is 2.40. The number of rotatable bonds is 3. The molecule has 16 heavy (non-hydrogen) atoms. The third-order valence-corrected chi connectivity index (χ3v) is 2.51. The monoisotopic (exact) mass is 219 g/mol. The summed E-state index contributed by atoms with van der Waals surface area (Å²) in [6.45, 7) is 1.69. The maximum Gasteiger partial charge on any atom is 0.325 e. The molecule has 5 heteroatoms. The lowest BCUT2D eigenvalue weighted by atomic mass is 10.1. The van der Waals surface area contributed by atoms with Crippen molar-refractivity contribution in [3.8, 4) is 0 Å². The molecule has 2 rings (SSSR count). The van der Waals surface area contributed by atoms with Gasteiger partial charge >= 0.3 is 5.97 Å². The van der Waals surface area contributed by atoms with Gasteiger partial charge in [0, 0.05) is 0 Å². The number of hydrogen-bond donors (Lipinski definition) is 2. The molecule has 1 aromatic heterocycles. The van der Waals surface area contributed by atoms with Crippen LogP contribution < -0.4 is 5.73 Å². The van der Waals surface area contributed by atoms with Crippen LogP contribution in [0.2, 0.25) is 0 Å². The Hall–Kier alpha value is -1.88. The Bertz CT molecular complexity index is 531. The van der Waals surface area contributed by atoms with Crippen molar-refractivity contribution < 1.29 is 9.90 Å². The number of aliphatic carboxylic acids is 1. The molecule has 1 unspecified atom stereocenters. The second kappa shape index (κ2) is 3.61. The lowest BCUT2D eigenvalue weighted by Gasteiger charge is -2.19. The molecule has 0 saturated heterocycles. The van der Waals surface area contributed by atoms with Crippen LogP contribution in [0.25, 0.3) is 11.0 Å². The summed E-state index contributed by atoms with van der Waals surface area (Å²) in [7, 11) is 0. The zero-order chi connectivity index (χ0) is 11.8. The van der Waals surface area contributed by atoms with E-state index in [1.54, 1.807) is 10.9 Å². The minimum atomic E-state index is -1.29. The molecule has 0 bridgehead atoms. The van der Waals surface area contributed by atoms with Crippen LogP contribution in [-0.4, -0.2) is 26.2 Å². The quantitative estimate of drug-likeness (QED) is 0.801. The molecule has 1 atom stereocenters. The summed E-state index contributed by atoms with van der Waals surface area (Å²) >= 11 is 0. The van der Waals surface area contributed by atoms with Gasteiger partial charge in [-0.25, -0.2) is 4.98 Å². The highest BCUT2D eigenvalue weighted by Crippen LogP contribution is 2.14. The lowest BCUT2D eigenvalue weighted by Crippen LogP contribution is -2.48. The van der Waals surface area contributed by atoms with Crippen molar-refractivity contribution in [2.75, 3.05) is 0 Å². The average Bonchev–Trinajstić information content (AvgIpc) is 2.61. The summed E-state index contributed by atoms with van der Waals surface area (Å²) in [5, 5.41) is 8.95. The fraction of sp³-hybridized carbons (Fsp3) is 0.273. The van der Waals surface area contributed by atoms with Crippen LogP contribution in [0.3, 0.4) is 0 Å². The van der Waals surface area contributed by atoms with E-state index in [0.717, 1.165) is 11.0 Å². The van der Waals surface area contributed by atoms with Gasteiger partial charge in [-0.05, 0) is 19.1 Å². The van der Waals surface area contributed by atoms with Crippen LogP contribution in [0, 0.1) is 0 Å². The summed E-state index contributed by atoms with van der Waals surface area (Å²) in [5.74, 6) is -1.02. The molecule has 5 nitrogen and oxygen atoms in total. The van der Waals surface area contributed by atoms with Gasteiger partial charge in [0.1, 0.15) is 5.54 Å². The molecule has 3 N–H and O–H groups in total. The molecule has 0 saturated carbocycles. The van der Waals surface area contributed by atoms with Gasteiger partial charge in [0.15, 0.2) is 0 Å². The van der Waals surface area contributed by atoms with E-state index in [1.165, 1.54) is 6.92 Å². The van der Waals surface area contributed by atoms with Gasteiger partial charge in [-0.3, -0.25) is 4.79 Å². The first kappa shape index (κ1) is 10.6. The van der Waals surface area contributed by atoms with Gasteiger partial charge in [0.05, 0.1) is 23.9 Å². The van der Waals surface area contributed by atoms with Gasteiger partial charge in [-0.1, -0.05) is 12.1 Å². The van der Waals surface area contributed by atoms with Crippen LogP contribution in [0.15, 0.2) is 30.6 Å². The smallest absolute Gasteiger partial charge is 0.325 e. The van der Waals surface area contributed by atoms with Gasteiger partial charge in [-0.15, -0.1) is 0 Å². The Morgan fingerprint density at radius 1 is 1.56 bits per heavy atom. The Balaban J connectivity index is 2.38. The molecule has 0 amide bonds. The number of aromatic nitrogens is 2. The van der Waals surface area contributed by atoms with E-state index in [1.807, 2.05) is 24.3 Å². The van der Waals surface area contributed by atoms with Crippen molar-refractivity contribution in [1.82, 2.24) is 9.55 Å². The first-order valence-electron chi connectivity index (χ1n) is 4.93. The van der Waals surface area contributed by atoms with Crippen molar-refractivity contribution >= 4 is 17.0 Å². The zero-order valence-electron chi connectivity index (χ0n) is 8.92. The first-order chi connectivity index (χ1) is 7.50. The van der Waals surface area contributed by atoms with Crippen LogP contribution in [-0.2, 0) is 11.3 Å². The maximum atomic E-state index is 10.9. The third kappa shape index (κ3) is 1.77. The molecular weight excluding hydrogens is 206 g/mol. The molecule has 84 valence electrons. The summed E-state index contributed by atoms with van der Waals surface area (Å²) in [6.07, 6.45) is 1.61. The molecule has 0 radical (unpaired) electrons. The number of carboxylic acid groups (broad SMARTS) is 1. The second-order valence-corrected chi connectivity index (χ2v) is 4.08. The Morgan fingerprint density at radius 2 is 2.25 bits per heavy atom. The lowest BCUT2D eigenvalue weighted by molar-refractivity contribution is -0.143. The minimum absolute atomic E-state index is 0.197. The number of para-hydroxylation sites is 2. The second-order valence-electron chi connectivity index (χ2n) is 4.08. The van der Waals surface area contributed by atoms with E-state index < -0.39 is 11.5 Å². The van der Waals surface area contributed by atoms with Crippen LogP contribution >= 0.6 is 0 Å². The summed E-state index contributed by atoms with van der Waals surface area (Å²) in [6, 6.07) is 7.54. The number of imidazole rings is 1. The van der Waals surface area contributed by atoms with Gasteiger partial charge < -0.3 is 15.4 Å².